The number of pyridine rings is 2. The second kappa shape index (κ2) is 10.3. The summed E-state index contributed by atoms with van der Waals surface area (Å²) in [6.45, 7) is 4.79. The van der Waals surface area contributed by atoms with Crippen molar-refractivity contribution in [3.63, 3.8) is 0 Å². The minimum absolute atomic E-state index is 0.299. The molecule has 1 aliphatic carbocycles. The van der Waals surface area contributed by atoms with Crippen LogP contribution in [0.2, 0.25) is 0 Å². The molecule has 41 heavy (non-hydrogen) atoms. The summed E-state index contributed by atoms with van der Waals surface area (Å²) in [5.74, 6) is 0.849. The zero-order valence-corrected chi connectivity index (χ0v) is 22.6. The van der Waals surface area contributed by atoms with E-state index in [1.807, 2.05) is 31.6 Å². The predicted octanol–water partition coefficient (Wildman–Crippen LogP) is 6.81. The standard InChI is InChI=1S/C32H29FN8/c1-18(20-4-3-5-20)37-25-11-23(14-35-15-25)21-6-7-28-26(12-21)31(41-40-28)32-38-29-17-36-16-27(30(29)39-32)22-8-19(13-34-2)9-24(33)10-22/h6-12,14-17,20,34,37H,1,3-5,13H2,2H3,(H,38,39)(H,40,41). The Morgan fingerprint density at radius 3 is 2.68 bits per heavy atom. The summed E-state index contributed by atoms with van der Waals surface area (Å²) in [6, 6.07) is 13.3. The summed E-state index contributed by atoms with van der Waals surface area (Å²) in [7, 11) is 1.84. The Labute approximate surface area is 236 Å². The van der Waals surface area contributed by atoms with Gasteiger partial charge in [0.1, 0.15) is 11.5 Å². The molecule has 0 radical (unpaired) electrons. The number of benzene rings is 2. The van der Waals surface area contributed by atoms with Crippen LogP contribution in [0.25, 0.3) is 55.7 Å². The summed E-state index contributed by atoms with van der Waals surface area (Å²) in [6.07, 6.45) is 10.8. The number of hydrogen-bond donors (Lipinski definition) is 4. The van der Waals surface area contributed by atoms with E-state index in [1.165, 1.54) is 31.4 Å². The van der Waals surface area contributed by atoms with Crippen LogP contribution in [0.4, 0.5) is 10.1 Å². The number of fused-ring (bicyclic) bond motifs is 2. The molecule has 1 saturated carbocycles. The normalized spacial score (nSPS) is 13.5. The van der Waals surface area contributed by atoms with E-state index in [2.05, 4.69) is 60.6 Å². The highest BCUT2D eigenvalue weighted by molar-refractivity contribution is 5.98. The first-order chi connectivity index (χ1) is 20.1. The van der Waals surface area contributed by atoms with Gasteiger partial charge in [0.2, 0.25) is 0 Å². The van der Waals surface area contributed by atoms with Crippen molar-refractivity contribution in [3.8, 4) is 33.8 Å². The van der Waals surface area contributed by atoms with Gasteiger partial charge >= 0.3 is 0 Å². The van der Waals surface area contributed by atoms with Gasteiger partial charge in [0, 0.05) is 41.1 Å². The van der Waals surface area contributed by atoms with Crippen LogP contribution in [-0.4, -0.2) is 37.2 Å². The minimum Gasteiger partial charge on any atom is -0.358 e. The number of H-pyrrole nitrogens is 2. The molecule has 6 aromatic rings. The summed E-state index contributed by atoms with van der Waals surface area (Å²) in [5.41, 5.74) is 9.36. The fourth-order valence-corrected chi connectivity index (χ4v) is 5.45. The molecule has 8 nitrogen and oxygen atoms in total. The van der Waals surface area contributed by atoms with Gasteiger partial charge in [-0.2, -0.15) is 5.10 Å². The summed E-state index contributed by atoms with van der Waals surface area (Å²) >= 11 is 0. The molecule has 1 aliphatic rings. The number of nitrogens with one attached hydrogen (secondary N) is 4. The van der Waals surface area contributed by atoms with Crippen LogP contribution < -0.4 is 10.6 Å². The van der Waals surface area contributed by atoms with Crippen LogP contribution in [0.3, 0.4) is 0 Å². The highest BCUT2D eigenvalue weighted by Crippen LogP contribution is 2.35. The van der Waals surface area contributed by atoms with Crippen molar-refractivity contribution in [3.05, 3.63) is 90.9 Å². The van der Waals surface area contributed by atoms with Crippen LogP contribution in [0.1, 0.15) is 24.8 Å². The number of halogens is 1. The smallest absolute Gasteiger partial charge is 0.159 e. The van der Waals surface area contributed by atoms with E-state index in [0.29, 0.717) is 29.5 Å². The second-order valence-electron chi connectivity index (χ2n) is 10.6. The monoisotopic (exact) mass is 544 g/mol. The van der Waals surface area contributed by atoms with Gasteiger partial charge in [-0.05, 0) is 78.9 Å². The van der Waals surface area contributed by atoms with E-state index in [1.54, 1.807) is 12.4 Å². The van der Waals surface area contributed by atoms with Gasteiger partial charge in [-0.15, -0.1) is 0 Å². The van der Waals surface area contributed by atoms with Gasteiger partial charge in [0.15, 0.2) is 5.82 Å². The first-order valence-electron chi connectivity index (χ1n) is 13.7. The third-order valence-corrected chi connectivity index (χ3v) is 7.81. The Balaban J connectivity index is 1.25. The molecule has 4 aromatic heterocycles. The van der Waals surface area contributed by atoms with E-state index in [9.17, 15) is 4.39 Å². The fraction of sp³-hybridized carbons (Fsp3) is 0.188. The van der Waals surface area contributed by atoms with Crippen LogP contribution in [0, 0.1) is 11.7 Å². The number of anilines is 1. The van der Waals surface area contributed by atoms with Gasteiger partial charge in [0.25, 0.3) is 0 Å². The van der Waals surface area contributed by atoms with Gasteiger partial charge in [-0.3, -0.25) is 15.1 Å². The Kier molecular flexibility index (Phi) is 6.28. The molecule has 0 amide bonds. The van der Waals surface area contributed by atoms with Crippen molar-refractivity contribution in [2.24, 2.45) is 5.92 Å². The Morgan fingerprint density at radius 1 is 0.976 bits per heavy atom. The van der Waals surface area contributed by atoms with E-state index in [4.69, 9.17) is 4.98 Å². The molecule has 0 bridgehead atoms. The number of aromatic nitrogens is 6. The van der Waals surface area contributed by atoms with Crippen molar-refractivity contribution in [1.82, 2.24) is 35.5 Å². The molecular formula is C32H29FN8. The maximum absolute atomic E-state index is 14.5. The average Bonchev–Trinajstić information content (AvgIpc) is 3.55. The zero-order chi connectivity index (χ0) is 27.9. The lowest BCUT2D eigenvalue weighted by Crippen LogP contribution is -2.18. The SMILES string of the molecule is C=C(Nc1cncc(-c2ccc3[nH]nc(-c4nc5c(-c6cc(F)cc(CNC)c6)cncc5[nH]4)c3c2)c1)C1CCC1. The molecule has 4 heterocycles. The molecule has 1 fully saturated rings. The van der Waals surface area contributed by atoms with Crippen LogP contribution in [-0.2, 0) is 6.54 Å². The molecule has 0 atom stereocenters. The minimum atomic E-state index is -0.299. The highest BCUT2D eigenvalue weighted by Gasteiger charge is 2.21. The van der Waals surface area contributed by atoms with Crippen molar-refractivity contribution < 1.29 is 4.39 Å². The van der Waals surface area contributed by atoms with Gasteiger partial charge in [-0.25, -0.2) is 9.37 Å². The van der Waals surface area contributed by atoms with Crippen LogP contribution in [0.15, 0.2) is 79.5 Å². The van der Waals surface area contributed by atoms with Crippen molar-refractivity contribution in [2.75, 3.05) is 12.4 Å². The van der Waals surface area contributed by atoms with Crippen LogP contribution in [0.5, 0.6) is 0 Å². The lowest BCUT2D eigenvalue weighted by atomic mass is 9.83. The maximum atomic E-state index is 14.5. The Hall–Kier alpha value is -4.89. The largest absolute Gasteiger partial charge is 0.358 e. The van der Waals surface area contributed by atoms with Gasteiger partial charge in [0.05, 0.1) is 34.6 Å². The summed E-state index contributed by atoms with van der Waals surface area (Å²) < 4.78 is 14.5. The Bertz CT molecular complexity index is 1920. The van der Waals surface area contributed by atoms with Crippen molar-refractivity contribution >= 4 is 27.6 Å². The molecule has 7 rings (SSSR count). The quantitative estimate of drug-likeness (QED) is 0.168. The molecule has 204 valence electrons. The molecule has 2 aromatic carbocycles. The molecular weight excluding hydrogens is 515 g/mol. The van der Waals surface area contributed by atoms with E-state index in [0.717, 1.165) is 55.6 Å². The molecule has 9 heteroatoms. The molecule has 0 spiro atoms. The summed E-state index contributed by atoms with van der Waals surface area (Å²) in [4.78, 5) is 17.2. The lowest BCUT2D eigenvalue weighted by Gasteiger charge is -2.28. The third-order valence-electron chi connectivity index (χ3n) is 7.81. The van der Waals surface area contributed by atoms with E-state index in [-0.39, 0.29) is 5.82 Å². The number of hydrogen-bond acceptors (Lipinski definition) is 6. The molecule has 0 unspecified atom stereocenters. The molecule has 0 aliphatic heterocycles. The lowest BCUT2D eigenvalue weighted by molar-refractivity contribution is 0.371. The number of rotatable bonds is 8. The maximum Gasteiger partial charge on any atom is 0.159 e. The van der Waals surface area contributed by atoms with Crippen molar-refractivity contribution in [1.29, 1.82) is 0 Å². The first-order valence-corrected chi connectivity index (χ1v) is 13.7. The second-order valence-corrected chi connectivity index (χ2v) is 10.6. The molecule has 0 saturated heterocycles. The highest BCUT2D eigenvalue weighted by atomic mass is 19.1. The molecule has 4 N–H and O–H groups in total. The third kappa shape index (κ3) is 4.74. The predicted molar refractivity (Wildman–Crippen MR) is 160 cm³/mol. The summed E-state index contributed by atoms with van der Waals surface area (Å²) in [5, 5.41) is 15.2. The first kappa shape index (κ1) is 25.1. The van der Waals surface area contributed by atoms with E-state index >= 15 is 0 Å². The zero-order valence-electron chi connectivity index (χ0n) is 22.6. The Morgan fingerprint density at radius 2 is 1.85 bits per heavy atom. The van der Waals surface area contributed by atoms with Crippen molar-refractivity contribution in [2.45, 2.75) is 25.8 Å². The fourth-order valence-electron chi connectivity index (χ4n) is 5.45. The number of aromatic amines is 2. The van der Waals surface area contributed by atoms with E-state index < -0.39 is 0 Å². The number of allylic oxidation sites excluding steroid dienone is 1. The van der Waals surface area contributed by atoms with Gasteiger partial charge < -0.3 is 15.6 Å². The van der Waals surface area contributed by atoms with Gasteiger partial charge in [-0.1, -0.05) is 19.1 Å². The number of imidazole rings is 1. The van der Waals surface area contributed by atoms with Crippen LogP contribution >= 0.6 is 0 Å². The topological polar surface area (TPSA) is 107 Å². The number of nitrogens with zero attached hydrogens (tertiary/aromatic N) is 4. The average molecular weight is 545 g/mol.